The highest BCUT2D eigenvalue weighted by Crippen LogP contribution is 2.19. The molecule has 0 fully saturated rings. The van der Waals surface area contributed by atoms with Gasteiger partial charge >= 0.3 is 0 Å². The summed E-state index contributed by atoms with van der Waals surface area (Å²) in [5, 5.41) is 10.4. The molecule has 0 aliphatic heterocycles. The van der Waals surface area contributed by atoms with Crippen molar-refractivity contribution in [1.29, 1.82) is 0 Å². The standard InChI is InChI=1S/C17H31NO2/c1-13-10-11-15(18)8-6-4-5-7-9-16(20-3)17(19)14(2)12-13/h7,9,12,14-17,19H,4-6,8,10-11,18H2,1-3H3/b9-7+,13-12-/t14-,15-,16+,17+/m1/s1. The monoisotopic (exact) mass is 281 g/mol. The highest BCUT2D eigenvalue weighted by Gasteiger charge is 2.21. The van der Waals surface area contributed by atoms with E-state index < -0.39 is 6.10 Å². The SMILES string of the molecule is CO[C@H]1/C=C/CCCC[C@@H](N)CC/C(C)=C\[C@@H](C)[C@@H]1O. The second-order valence-electron chi connectivity index (χ2n) is 6.07. The third-order valence-electron chi connectivity index (χ3n) is 4.13. The molecule has 0 saturated carbocycles. The molecule has 0 spiro atoms. The van der Waals surface area contributed by atoms with Crippen molar-refractivity contribution in [3.05, 3.63) is 23.8 Å². The second kappa shape index (κ2) is 9.32. The number of allylic oxidation sites excluding steroid dienone is 2. The van der Waals surface area contributed by atoms with E-state index in [1.165, 1.54) is 12.0 Å². The number of hydrogen-bond donors (Lipinski definition) is 2. The van der Waals surface area contributed by atoms with Crippen LogP contribution in [-0.4, -0.2) is 30.5 Å². The van der Waals surface area contributed by atoms with Gasteiger partial charge in [-0.25, -0.2) is 0 Å². The molecular formula is C17H31NO2. The van der Waals surface area contributed by atoms with Crippen LogP contribution in [0.25, 0.3) is 0 Å². The summed E-state index contributed by atoms with van der Waals surface area (Å²) in [6, 6.07) is 0.303. The first-order valence-corrected chi connectivity index (χ1v) is 7.85. The Kier molecular flexibility index (Phi) is 8.12. The van der Waals surface area contributed by atoms with Crippen molar-refractivity contribution in [2.24, 2.45) is 11.7 Å². The van der Waals surface area contributed by atoms with E-state index in [2.05, 4.69) is 19.1 Å². The van der Waals surface area contributed by atoms with Gasteiger partial charge in [0.15, 0.2) is 0 Å². The van der Waals surface area contributed by atoms with Crippen LogP contribution in [0.15, 0.2) is 23.8 Å². The lowest BCUT2D eigenvalue weighted by Gasteiger charge is -2.23. The molecule has 0 bridgehead atoms. The van der Waals surface area contributed by atoms with Crippen molar-refractivity contribution < 1.29 is 9.84 Å². The lowest BCUT2D eigenvalue weighted by molar-refractivity contribution is -0.00188. The predicted octanol–water partition coefficient (Wildman–Crippen LogP) is 3.18. The molecule has 0 unspecified atom stereocenters. The Balaban J connectivity index is 2.76. The maximum absolute atomic E-state index is 10.4. The number of nitrogens with two attached hydrogens (primary N) is 1. The van der Waals surface area contributed by atoms with E-state index in [1.807, 2.05) is 13.0 Å². The molecule has 3 nitrogen and oxygen atoms in total. The summed E-state index contributed by atoms with van der Waals surface area (Å²) in [7, 11) is 1.66. The molecule has 1 rings (SSSR count). The van der Waals surface area contributed by atoms with Gasteiger partial charge in [-0.05, 0) is 39.0 Å². The van der Waals surface area contributed by atoms with E-state index in [1.54, 1.807) is 7.11 Å². The second-order valence-corrected chi connectivity index (χ2v) is 6.07. The van der Waals surface area contributed by atoms with Crippen LogP contribution in [0.4, 0.5) is 0 Å². The molecular weight excluding hydrogens is 250 g/mol. The lowest BCUT2D eigenvalue weighted by Crippen LogP contribution is -2.31. The van der Waals surface area contributed by atoms with Gasteiger partial charge in [-0.3, -0.25) is 0 Å². The Hall–Kier alpha value is -0.640. The molecule has 116 valence electrons. The summed E-state index contributed by atoms with van der Waals surface area (Å²) in [4.78, 5) is 0. The molecule has 0 aromatic rings. The molecule has 1 aliphatic carbocycles. The van der Waals surface area contributed by atoms with Crippen LogP contribution in [0.3, 0.4) is 0 Å². The smallest absolute Gasteiger partial charge is 0.102 e. The van der Waals surface area contributed by atoms with Gasteiger partial charge in [-0.1, -0.05) is 37.1 Å². The molecule has 20 heavy (non-hydrogen) atoms. The Morgan fingerprint density at radius 3 is 2.75 bits per heavy atom. The predicted molar refractivity (Wildman–Crippen MR) is 84.5 cm³/mol. The third-order valence-corrected chi connectivity index (χ3v) is 4.13. The molecule has 1 aliphatic rings. The van der Waals surface area contributed by atoms with Gasteiger partial charge in [-0.2, -0.15) is 0 Å². The van der Waals surface area contributed by atoms with Crippen molar-refractivity contribution in [2.45, 2.75) is 70.6 Å². The highest BCUT2D eigenvalue weighted by molar-refractivity contribution is 5.05. The number of rotatable bonds is 1. The fourth-order valence-electron chi connectivity index (χ4n) is 2.72. The quantitative estimate of drug-likeness (QED) is 0.726. The van der Waals surface area contributed by atoms with Crippen molar-refractivity contribution >= 4 is 0 Å². The van der Waals surface area contributed by atoms with Gasteiger partial charge in [0.25, 0.3) is 0 Å². The van der Waals surface area contributed by atoms with Gasteiger partial charge in [0.2, 0.25) is 0 Å². The van der Waals surface area contributed by atoms with Crippen LogP contribution in [-0.2, 0) is 4.74 Å². The Morgan fingerprint density at radius 1 is 1.30 bits per heavy atom. The van der Waals surface area contributed by atoms with E-state index in [4.69, 9.17) is 10.5 Å². The lowest BCUT2D eigenvalue weighted by atomic mass is 9.93. The molecule has 0 heterocycles. The van der Waals surface area contributed by atoms with E-state index in [0.717, 1.165) is 32.1 Å². The maximum atomic E-state index is 10.4. The number of hydrogen-bond acceptors (Lipinski definition) is 3. The zero-order valence-electron chi connectivity index (χ0n) is 13.2. The van der Waals surface area contributed by atoms with Gasteiger partial charge in [0.1, 0.15) is 6.10 Å². The van der Waals surface area contributed by atoms with Crippen LogP contribution in [0.2, 0.25) is 0 Å². The van der Waals surface area contributed by atoms with Crippen LogP contribution in [0.1, 0.15) is 52.4 Å². The van der Waals surface area contributed by atoms with Gasteiger partial charge in [0.05, 0.1) is 6.10 Å². The normalized spacial score (nSPS) is 38.5. The number of methoxy groups -OCH3 is 1. The zero-order valence-corrected chi connectivity index (χ0v) is 13.2. The Morgan fingerprint density at radius 2 is 2.05 bits per heavy atom. The van der Waals surface area contributed by atoms with E-state index in [9.17, 15) is 5.11 Å². The Labute approximate surface area is 123 Å². The molecule has 4 atom stereocenters. The summed E-state index contributed by atoms with van der Waals surface area (Å²) in [5.74, 6) is 0.0868. The summed E-state index contributed by atoms with van der Waals surface area (Å²) in [6.07, 6.45) is 12.1. The minimum atomic E-state index is -0.497. The maximum Gasteiger partial charge on any atom is 0.102 e. The minimum Gasteiger partial charge on any atom is -0.389 e. The largest absolute Gasteiger partial charge is 0.389 e. The fraction of sp³-hybridized carbons (Fsp3) is 0.765. The average Bonchev–Trinajstić information content (AvgIpc) is 2.43. The van der Waals surface area contributed by atoms with Crippen LogP contribution < -0.4 is 5.73 Å². The molecule has 0 aromatic heterocycles. The molecule has 0 amide bonds. The van der Waals surface area contributed by atoms with Gasteiger partial charge in [0, 0.05) is 19.1 Å². The van der Waals surface area contributed by atoms with E-state index >= 15 is 0 Å². The first-order valence-electron chi connectivity index (χ1n) is 7.85. The van der Waals surface area contributed by atoms with E-state index in [-0.39, 0.29) is 12.0 Å². The van der Waals surface area contributed by atoms with Crippen LogP contribution in [0, 0.1) is 5.92 Å². The summed E-state index contributed by atoms with van der Waals surface area (Å²) in [6.45, 7) is 4.17. The number of ether oxygens (including phenoxy) is 1. The van der Waals surface area contributed by atoms with Crippen molar-refractivity contribution in [3.63, 3.8) is 0 Å². The molecule has 3 heteroatoms. The first-order chi connectivity index (χ1) is 9.54. The van der Waals surface area contributed by atoms with Gasteiger partial charge in [-0.15, -0.1) is 0 Å². The molecule has 0 saturated heterocycles. The number of aliphatic hydroxyl groups is 1. The first kappa shape index (κ1) is 17.4. The third kappa shape index (κ3) is 6.21. The van der Waals surface area contributed by atoms with Gasteiger partial charge < -0.3 is 15.6 Å². The minimum absolute atomic E-state index is 0.0868. The summed E-state index contributed by atoms with van der Waals surface area (Å²) < 4.78 is 5.40. The zero-order chi connectivity index (χ0) is 15.0. The Bertz CT molecular complexity index is 325. The van der Waals surface area contributed by atoms with Crippen LogP contribution >= 0.6 is 0 Å². The van der Waals surface area contributed by atoms with Crippen molar-refractivity contribution in [1.82, 2.24) is 0 Å². The van der Waals surface area contributed by atoms with Crippen molar-refractivity contribution in [3.8, 4) is 0 Å². The van der Waals surface area contributed by atoms with Crippen LogP contribution in [0.5, 0.6) is 0 Å². The molecule has 0 aromatic carbocycles. The number of aliphatic hydroxyl groups excluding tert-OH is 1. The topological polar surface area (TPSA) is 55.5 Å². The fourth-order valence-corrected chi connectivity index (χ4v) is 2.72. The molecule has 3 N–H and O–H groups in total. The summed E-state index contributed by atoms with van der Waals surface area (Å²) in [5.41, 5.74) is 7.45. The van der Waals surface area contributed by atoms with E-state index in [0.29, 0.717) is 6.04 Å². The molecule has 0 radical (unpaired) electrons. The highest BCUT2D eigenvalue weighted by atomic mass is 16.5. The average molecular weight is 281 g/mol. The summed E-state index contributed by atoms with van der Waals surface area (Å²) >= 11 is 0. The van der Waals surface area contributed by atoms with Crippen molar-refractivity contribution in [2.75, 3.05) is 7.11 Å².